The van der Waals surface area contributed by atoms with Gasteiger partial charge in [-0.05, 0) is 31.6 Å². The summed E-state index contributed by atoms with van der Waals surface area (Å²) in [6.07, 6.45) is 7.70. The molecule has 29 heavy (non-hydrogen) atoms. The third kappa shape index (κ3) is 2.94. The van der Waals surface area contributed by atoms with Crippen LogP contribution in [0.3, 0.4) is 0 Å². The van der Waals surface area contributed by atoms with Crippen molar-refractivity contribution in [3.8, 4) is 0 Å². The fraction of sp³-hybridized carbons (Fsp3) is 0.696. The van der Waals surface area contributed by atoms with E-state index >= 15 is 0 Å². The molecule has 0 bridgehead atoms. The third-order valence-electron chi connectivity index (χ3n) is 8.11. The molecule has 0 aromatic carbocycles. The summed E-state index contributed by atoms with van der Waals surface area (Å²) >= 11 is 0. The molecule has 4 aliphatic carbocycles. The maximum absolute atomic E-state index is 12.8. The number of fused-ring (bicyclic) bond motifs is 5. The van der Waals surface area contributed by atoms with Gasteiger partial charge in [0.05, 0.1) is 20.1 Å². The summed E-state index contributed by atoms with van der Waals surface area (Å²) < 4.78 is 15.2. The standard InChI is InChI=1S/C23H30O6/c1-22-9-7-14(29-21(26)28-4)11-13(22)12-15(20(25)27-3)19-16-5-6-18(24)23(16,2)10-8-17(19)22/h8,12,14-16,19H,5-7,9-11H2,1-4H3/t14?,15-,16?,19?,22?,23?/m1/s1. The lowest BCUT2D eigenvalue weighted by Gasteiger charge is -2.54. The van der Waals surface area contributed by atoms with E-state index in [4.69, 9.17) is 9.47 Å². The van der Waals surface area contributed by atoms with Gasteiger partial charge in [0.25, 0.3) is 0 Å². The molecule has 0 N–H and O–H groups in total. The molecule has 0 amide bonds. The molecule has 158 valence electrons. The van der Waals surface area contributed by atoms with Gasteiger partial charge in [-0.1, -0.05) is 37.1 Å². The van der Waals surface area contributed by atoms with E-state index in [9.17, 15) is 14.4 Å². The summed E-state index contributed by atoms with van der Waals surface area (Å²) in [6.45, 7) is 4.30. The molecular formula is C23H30O6. The van der Waals surface area contributed by atoms with Crippen molar-refractivity contribution in [3.05, 3.63) is 23.3 Å². The van der Waals surface area contributed by atoms with E-state index in [2.05, 4.69) is 30.7 Å². The van der Waals surface area contributed by atoms with Crippen molar-refractivity contribution in [3.63, 3.8) is 0 Å². The summed E-state index contributed by atoms with van der Waals surface area (Å²) in [5, 5.41) is 0. The van der Waals surface area contributed by atoms with Crippen LogP contribution in [0.1, 0.15) is 52.4 Å². The fourth-order valence-corrected chi connectivity index (χ4v) is 6.37. The highest BCUT2D eigenvalue weighted by molar-refractivity contribution is 5.88. The number of carbonyl (C=O) groups is 3. The minimum Gasteiger partial charge on any atom is -0.469 e. The molecule has 5 unspecified atom stereocenters. The summed E-state index contributed by atoms with van der Waals surface area (Å²) in [5.74, 6) is -0.175. The third-order valence-corrected chi connectivity index (χ3v) is 8.11. The van der Waals surface area contributed by atoms with Crippen LogP contribution in [0.5, 0.6) is 0 Å². The molecule has 6 nitrogen and oxygen atoms in total. The molecule has 0 saturated heterocycles. The van der Waals surface area contributed by atoms with Crippen molar-refractivity contribution in [2.24, 2.45) is 28.6 Å². The van der Waals surface area contributed by atoms with Crippen LogP contribution in [0.25, 0.3) is 0 Å². The van der Waals surface area contributed by atoms with E-state index in [1.54, 1.807) is 0 Å². The smallest absolute Gasteiger partial charge is 0.469 e. The van der Waals surface area contributed by atoms with Gasteiger partial charge in [-0.2, -0.15) is 0 Å². The SMILES string of the molecule is COC(=O)OC1CCC2(C)C(=C[C@@H](C(=O)OC)C3C2=CCC2(C)C(=O)CCC32)C1. The average molecular weight is 402 g/mol. The van der Waals surface area contributed by atoms with Crippen LogP contribution >= 0.6 is 0 Å². The van der Waals surface area contributed by atoms with Gasteiger partial charge in [0.15, 0.2) is 0 Å². The predicted molar refractivity (Wildman–Crippen MR) is 105 cm³/mol. The Bertz CT molecular complexity index is 810. The van der Waals surface area contributed by atoms with Crippen LogP contribution in [0.2, 0.25) is 0 Å². The number of hydrogen-bond donors (Lipinski definition) is 0. The molecule has 2 saturated carbocycles. The Morgan fingerprint density at radius 1 is 1.14 bits per heavy atom. The summed E-state index contributed by atoms with van der Waals surface area (Å²) in [4.78, 5) is 37.0. The zero-order chi connectivity index (χ0) is 21.0. The first-order chi connectivity index (χ1) is 13.7. The van der Waals surface area contributed by atoms with Gasteiger partial charge in [0.1, 0.15) is 11.9 Å². The molecule has 0 aliphatic heterocycles. The first kappa shape index (κ1) is 20.2. The second-order valence-electron chi connectivity index (χ2n) is 9.38. The monoisotopic (exact) mass is 402 g/mol. The minimum absolute atomic E-state index is 0.000486. The maximum atomic E-state index is 12.8. The van der Waals surface area contributed by atoms with E-state index in [0.717, 1.165) is 31.3 Å². The van der Waals surface area contributed by atoms with Crippen LogP contribution in [-0.2, 0) is 23.8 Å². The van der Waals surface area contributed by atoms with E-state index in [0.29, 0.717) is 18.6 Å². The van der Waals surface area contributed by atoms with Crippen LogP contribution in [0.15, 0.2) is 23.3 Å². The molecule has 0 aromatic heterocycles. The lowest BCUT2D eigenvalue weighted by atomic mass is 9.50. The Morgan fingerprint density at radius 3 is 2.59 bits per heavy atom. The van der Waals surface area contributed by atoms with Crippen LogP contribution in [0, 0.1) is 28.6 Å². The first-order valence-corrected chi connectivity index (χ1v) is 10.5. The van der Waals surface area contributed by atoms with Crippen molar-refractivity contribution in [1.29, 1.82) is 0 Å². The van der Waals surface area contributed by atoms with E-state index in [1.165, 1.54) is 19.8 Å². The topological polar surface area (TPSA) is 78.9 Å². The predicted octanol–water partition coefficient (Wildman–Crippen LogP) is 3.99. The number of ether oxygens (including phenoxy) is 3. The zero-order valence-corrected chi connectivity index (χ0v) is 17.7. The van der Waals surface area contributed by atoms with E-state index in [1.807, 2.05) is 0 Å². The van der Waals surface area contributed by atoms with Crippen molar-refractivity contribution in [2.75, 3.05) is 14.2 Å². The van der Waals surface area contributed by atoms with Crippen LogP contribution in [-0.4, -0.2) is 38.2 Å². The molecule has 4 aliphatic rings. The highest BCUT2D eigenvalue weighted by Crippen LogP contribution is 2.63. The van der Waals surface area contributed by atoms with Gasteiger partial charge in [0, 0.05) is 29.6 Å². The maximum Gasteiger partial charge on any atom is 0.508 e. The number of esters is 1. The number of ketones is 1. The molecular weight excluding hydrogens is 372 g/mol. The number of hydrogen-bond acceptors (Lipinski definition) is 6. The van der Waals surface area contributed by atoms with Crippen LogP contribution in [0.4, 0.5) is 4.79 Å². The average Bonchev–Trinajstić information content (AvgIpc) is 3.02. The Morgan fingerprint density at radius 2 is 1.90 bits per heavy atom. The second-order valence-corrected chi connectivity index (χ2v) is 9.38. The lowest BCUT2D eigenvalue weighted by Crippen LogP contribution is -2.49. The molecule has 6 heteroatoms. The van der Waals surface area contributed by atoms with Gasteiger partial charge in [-0.3, -0.25) is 9.59 Å². The normalized spacial score (nSPS) is 40.6. The summed E-state index contributed by atoms with van der Waals surface area (Å²) in [6, 6.07) is 0. The quantitative estimate of drug-likeness (QED) is 0.513. The Balaban J connectivity index is 1.74. The Hall–Kier alpha value is -2.11. The van der Waals surface area contributed by atoms with Crippen molar-refractivity contribution < 1.29 is 28.6 Å². The molecule has 4 rings (SSSR count). The van der Waals surface area contributed by atoms with E-state index < -0.39 is 12.1 Å². The first-order valence-electron chi connectivity index (χ1n) is 10.5. The largest absolute Gasteiger partial charge is 0.508 e. The minimum atomic E-state index is -0.672. The van der Waals surface area contributed by atoms with Crippen molar-refractivity contribution in [2.45, 2.75) is 58.5 Å². The van der Waals surface area contributed by atoms with E-state index in [-0.39, 0.29) is 34.7 Å². The van der Waals surface area contributed by atoms with Gasteiger partial charge in [-0.25, -0.2) is 4.79 Å². The summed E-state index contributed by atoms with van der Waals surface area (Å²) in [5.41, 5.74) is 1.86. The number of rotatable bonds is 2. The van der Waals surface area contributed by atoms with Crippen molar-refractivity contribution in [1.82, 2.24) is 0 Å². The molecule has 6 atom stereocenters. The molecule has 0 spiro atoms. The Kier molecular flexibility index (Phi) is 4.87. The lowest BCUT2D eigenvalue weighted by molar-refractivity contribution is -0.147. The molecule has 2 fully saturated rings. The molecule has 0 radical (unpaired) electrons. The van der Waals surface area contributed by atoms with Gasteiger partial charge in [0.2, 0.25) is 0 Å². The molecule has 0 heterocycles. The number of methoxy groups -OCH3 is 2. The van der Waals surface area contributed by atoms with Crippen molar-refractivity contribution >= 4 is 17.9 Å². The van der Waals surface area contributed by atoms with Crippen LogP contribution < -0.4 is 0 Å². The summed E-state index contributed by atoms with van der Waals surface area (Å²) in [7, 11) is 2.73. The second kappa shape index (κ2) is 6.99. The Labute approximate surface area is 171 Å². The van der Waals surface area contributed by atoms with Gasteiger partial charge in [-0.15, -0.1) is 0 Å². The van der Waals surface area contributed by atoms with Gasteiger partial charge < -0.3 is 14.2 Å². The van der Waals surface area contributed by atoms with Gasteiger partial charge >= 0.3 is 12.1 Å². The molecule has 0 aromatic rings. The number of Topliss-reactive ketones (excluding diaryl/α,β-unsaturated/α-hetero) is 1. The highest BCUT2D eigenvalue weighted by Gasteiger charge is 2.59. The number of carbonyl (C=O) groups excluding carboxylic acids is 3. The highest BCUT2D eigenvalue weighted by atomic mass is 16.7. The number of allylic oxidation sites excluding steroid dienone is 2. The fourth-order valence-electron chi connectivity index (χ4n) is 6.37. The zero-order valence-electron chi connectivity index (χ0n) is 17.7.